The minimum Gasteiger partial charge on any atom is -0.489 e. The molecular weight excluding hydrogens is 457 g/mol. The molecular formula is C23H24Cl3N3O2. The van der Waals surface area contributed by atoms with Crippen LogP contribution in [0.2, 0.25) is 15.2 Å². The highest BCUT2D eigenvalue weighted by atomic mass is 35.5. The first-order valence-electron chi connectivity index (χ1n) is 9.91. The summed E-state index contributed by atoms with van der Waals surface area (Å²) in [4.78, 5) is 12.4. The first-order valence-corrected chi connectivity index (χ1v) is 11.0. The number of hydrogen-bond donors (Lipinski definition) is 1. The van der Waals surface area contributed by atoms with Crippen LogP contribution in [-0.4, -0.2) is 22.2 Å². The zero-order valence-corrected chi connectivity index (χ0v) is 19.9. The Balaban J connectivity index is 1.47. The van der Waals surface area contributed by atoms with Gasteiger partial charge in [-0.05, 0) is 68.1 Å². The second-order valence-corrected chi connectivity index (χ2v) is 8.49. The van der Waals surface area contributed by atoms with E-state index in [1.54, 1.807) is 23.7 Å². The van der Waals surface area contributed by atoms with Crippen LogP contribution in [0.5, 0.6) is 5.75 Å². The molecule has 0 radical (unpaired) electrons. The summed E-state index contributed by atoms with van der Waals surface area (Å²) in [6.45, 7) is 7.21. The molecule has 0 saturated heterocycles. The lowest BCUT2D eigenvalue weighted by atomic mass is 10.1. The van der Waals surface area contributed by atoms with Crippen LogP contribution in [0.4, 0.5) is 0 Å². The van der Waals surface area contributed by atoms with Crippen LogP contribution < -0.4 is 10.1 Å². The highest BCUT2D eigenvalue weighted by Crippen LogP contribution is 2.26. The van der Waals surface area contributed by atoms with E-state index >= 15 is 0 Å². The van der Waals surface area contributed by atoms with E-state index in [-0.39, 0.29) is 5.91 Å². The zero-order valence-electron chi connectivity index (χ0n) is 17.6. The summed E-state index contributed by atoms with van der Waals surface area (Å²) in [6.07, 6.45) is 0.689. The molecule has 164 valence electrons. The lowest BCUT2D eigenvalue weighted by Crippen LogP contribution is -2.25. The lowest BCUT2D eigenvalue weighted by molar-refractivity contribution is 0.0952. The van der Waals surface area contributed by atoms with E-state index in [2.05, 4.69) is 10.4 Å². The molecule has 1 N–H and O–H groups in total. The summed E-state index contributed by atoms with van der Waals surface area (Å²) >= 11 is 18.3. The number of rotatable bonds is 8. The van der Waals surface area contributed by atoms with Crippen molar-refractivity contribution in [2.75, 3.05) is 6.54 Å². The molecule has 1 aromatic heterocycles. The summed E-state index contributed by atoms with van der Waals surface area (Å²) in [5.41, 5.74) is 4.23. The van der Waals surface area contributed by atoms with Gasteiger partial charge in [0.25, 0.3) is 5.91 Å². The summed E-state index contributed by atoms with van der Waals surface area (Å²) in [7, 11) is 0. The van der Waals surface area contributed by atoms with Gasteiger partial charge in [-0.2, -0.15) is 5.10 Å². The van der Waals surface area contributed by atoms with E-state index in [4.69, 9.17) is 39.5 Å². The molecule has 3 rings (SSSR count). The first-order chi connectivity index (χ1) is 14.8. The molecule has 3 aromatic rings. The van der Waals surface area contributed by atoms with Crippen LogP contribution in [0, 0.1) is 20.8 Å². The monoisotopic (exact) mass is 479 g/mol. The van der Waals surface area contributed by atoms with Crippen LogP contribution >= 0.6 is 34.8 Å². The number of aromatic nitrogens is 2. The molecule has 0 unspecified atom stereocenters. The predicted molar refractivity (Wildman–Crippen MR) is 126 cm³/mol. The number of nitrogens with one attached hydrogen (secondary N) is 1. The summed E-state index contributed by atoms with van der Waals surface area (Å²) in [5.74, 6) is 0.646. The van der Waals surface area contributed by atoms with Gasteiger partial charge in [-0.3, -0.25) is 9.48 Å². The maximum atomic E-state index is 12.4. The first kappa shape index (κ1) is 23.5. The molecule has 0 aliphatic heterocycles. The van der Waals surface area contributed by atoms with Crippen molar-refractivity contribution in [3.05, 3.63) is 79.5 Å². The van der Waals surface area contributed by atoms with Gasteiger partial charge in [0.1, 0.15) is 22.5 Å². The molecule has 0 aliphatic carbocycles. The third-order valence-corrected chi connectivity index (χ3v) is 6.39. The topological polar surface area (TPSA) is 56.1 Å². The number of benzene rings is 2. The number of halogens is 3. The fourth-order valence-electron chi connectivity index (χ4n) is 3.12. The van der Waals surface area contributed by atoms with Crippen molar-refractivity contribution in [3.8, 4) is 5.75 Å². The van der Waals surface area contributed by atoms with Crippen LogP contribution in [-0.2, 0) is 13.2 Å². The van der Waals surface area contributed by atoms with E-state index < -0.39 is 0 Å². The second kappa shape index (κ2) is 10.4. The predicted octanol–water partition coefficient (Wildman–Crippen LogP) is 6.17. The van der Waals surface area contributed by atoms with Crippen LogP contribution in [0.15, 0.2) is 36.4 Å². The Morgan fingerprint density at radius 3 is 2.26 bits per heavy atom. The Morgan fingerprint density at radius 2 is 1.68 bits per heavy atom. The standard InChI is InChI=1S/C23H24Cl3N3O2/c1-14-11-19(12-15(2)20(14)24)31-13-17-5-7-18(8-6-17)23(30)27-9-4-10-29-22(26)21(25)16(3)28-29/h5-8,11-12H,4,9-10,13H2,1-3H3,(H,27,30). The minimum absolute atomic E-state index is 0.128. The normalized spacial score (nSPS) is 10.9. The Hall–Kier alpha value is -2.21. The number of hydrogen-bond acceptors (Lipinski definition) is 3. The fraction of sp³-hybridized carbons (Fsp3) is 0.304. The van der Waals surface area contributed by atoms with Gasteiger partial charge in [0.2, 0.25) is 0 Å². The van der Waals surface area contributed by atoms with Gasteiger partial charge < -0.3 is 10.1 Å². The highest BCUT2D eigenvalue weighted by Gasteiger charge is 2.11. The van der Waals surface area contributed by atoms with E-state index in [1.807, 2.05) is 38.1 Å². The van der Waals surface area contributed by atoms with Gasteiger partial charge in [0.15, 0.2) is 0 Å². The van der Waals surface area contributed by atoms with Gasteiger partial charge in [-0.15, -0.1) is 0 Å². The molecule has 0 bridgehead atoms. The summed E-state index contributed by atoms with van der Waals surface area (Å²) in [5, 5.41) is 8.82. The molecule has 31 heavy (non-hydrogen) atoms. The number of aryl methyl sites for hydroxylation is 4. The van der Waals surface area contributed by atoms with Gasteiger partial charge in [-0.1, -0.05) is 46.9 Å². The average molecular weight is 481 g/mol. The van der Waals surface area contributed by atoms with Gasteiger partial charge >= 0.3 is 0 Å². The van der Waals surface area contributed by atoms with Crippen molar-refractivity contribution in [1.29, 1.82) is 0 Å². The van der Waals surface area contributed by atoms with Gasteiger partial charge in [-0.25, -0.2) is 0 Å². The number of amides is 1. The van der Waals surface area contributed by atoms with Crippen molar-refractivity contribution < 1.29 is 9.53 Å². The molecule has 2 aromatic carbocycles. The number of ether oxygens (including phenoxy) is 1. The van der Waals surface area contributed by atoms with E-state index in [1.165, 1.54) is 0 Å². The molecule has 8 heteroatoms. The maximum Gasteiger partial charge on any atom is 0.251 e. The van der Waals surface area contributed by atoms with Crippen LogP contribution in [0.3, 0.4) is 0 Å². The molecule has 1 amide bonds. The molecule has 0 saturated carbocycles. The van der Waals surface area contributed by atoms with E-state index in [0.29, 0.717) is 47.6 Å². The quantitative estimate of drug-likeness (QED) is 0.392. The summed E-state index contributed by atoms with van der Waals surface area (Å²) < 4.78 is 7.51. The van der Waals surface area contributed by atoms with E-state index in [9.17, 15) is 4.79 Å². The molecule has 0 atom stereocenters. The smallest absolute Gasteiger partial charge is 0.251 e. The largest absolute Gasteiger partial charge is 0.489 e. The van der Waals surface area contributed by atoms with Crippen molar-refractivity contribution in [2.45, 2.75) is 40.3 Å². The SMILES string of the molecule is Cc1cc(OCc2ccc(C(=O)NCCCn3nc(C)c(Cl)c3Cl)cc2)cc(C)c1Cl. The molecule has 0 fully saturated rings. The van der Waals surface area contributed by atoms with Gasteiger partial charge in [0, 0.05) is 23.7 Å². The van der Waals surface area contributed by atoms with Crippen LogP contribution in [0.1, 0.15) is 39.2 Å². The Kier molecular flexibility index (Phi) is 7.87. The third-order valence-electron chi connectivity index (χ3n) is 4.86. The highest BCUT2D eigenvalue weighted by molar-refractivity contribution is 6.41. The van der Waals surface area contributed by atoms with Crippen molar-refractivity contribution in [3.63, 3.8) is 0 Å². The molecule has 5 nitrogen and oxygen atoms in total. The number of nitrogens with zero attached hydrogens (tertiary/aromatic N) is 2. The Labute approximate surface area is 197 Å². The number of carbonyl (C=O) groups excluding carboxylic acids is 1. The zero-order chi connectivity index (χ0) is 22.5. The lowest BCUT2D eigenvalue weighted by Gasteiger charge is -2.11. The van der Waals surface area contributed by atoms with Gasteiger partial charge in [0.05, 0.1) is 5.69 Å². The van der Waals surface area contributed by atoms with Crippen molar-refractivity contribution >= 4 is 40.7 Å². The fourth-order valence-corrected chi connectivity index (χ4v) is 3.62. The van der Waals surface area contributed by atoms with Crippen molar-refractivity contribution in [2.24, 2.45) is 0 Å². The average Bonchev–Trinajstić information content (AvgIpc) is 3.00. The second-order valence-electron chi connectivity index (χ2n) is 7.38. The molecule has 0 aliphatic rings. The van der Waals surface area contributed by atoms with Crippen LogP contribution in [0.25, 0.3) is 0 Å². The molecule has 0 spiro atoms. The Bertz CT molecular complexity index is 1060. The summed E-state index contributed by atoms with van der Waals surface area (Å²) in [6, 6.07) is 11.2. The Morgan fingerprint density at radius 1 is 1.03 bits per heavy atom. The van der Waals surface area contributed by atoms with E-state index in [0.717, 1.165) is 27.5 Å². The molecule has 1 heterocycles. The third kappa shape index (κ3) is 5.94. The van der Waals surface area contributed by atoms with Crippen molar-refractivity contribution in [1.82, 2.24) is 15.1 Å². The number of carbonyl (C=O) groups is 1. The minimum atomic E-state index is -0.128. The maximum absolute atomic E-state index is 12.4.